The molecule has 36 heavy (non-hydrogen) atoms. The molecule has 1 aromatic carbocycles. The maximum atomic E-state index is 13.5. The molecule has 1 aromatic rings. The highest BCUT2D eigenvalue weighted by Crippen LogP contribution is 2.34. The number of carbonyl (C=O) groups is 2. The molecule has 3 aliphatic heterocycles. The second-order valence-corrected chi connectivity index (χ2v) is 9.98. The Balaban J connectivity index is 1.48. The van der Waals surface area contributed by atoms with Crippen LogP contribution in [-0.4, -0.2) is 99.7 Å². The minimum Gasteiger partial charge on any atom is -0.391 e. The van der Waals surface area contributed by atoms with Gasteiger partial charge in [0.05, 0.1) is 23.9 Å². The van der Waals surface area contributed by atoms with E-state index >= 15 is 0 Å². The van der Waals surface area contributed by atoms with Gasteiger partial charge in [0.1, 0.15) is 30.5 Å². The van der Waals surface area contributed by atoms with Crippen molar-refractivity contribution < 1.29 is 39.5 Å². The number of anilines is 1. The third kappa shape index (κ3) is 5.58. The number of carbonyl (C=O) groups excluding carboxylic acids is 2. The van der Waals surface area contributed by atoms with Crippen molar-refractivity contribution >= 4 is 17.5 Å². The maximum absolute atomic E-state index is 13.5. The zero-order chi connectivity index (χ0) is 25.8. The van der Waals surface area contributed by atoms with E-state index in [-0.39, 0.29) is 25.4 Å². The monoisotopic (exact) mass is 506 g/mol. The van der Waals surface area contributed by atoms with Crippen molar-refractivity contribution in [1.29, 1.82) is 0 Å². The maximum Gasteiger partial charge on any atom is 0.256 e. The molecule has 0 aliphatic carbocycles. The SMILES string of the molecule is CCCCCCCCO[C@@H]1[C@@H](O)[C@@H](O)O[C@H](CN2C(=O)C3CC(O)CN3C(=O)c3ccccc32)[C@H]1O. The number of para-hydroxylation sites is 1. The zero-order valence-electron chi connectivity index (χ0n) is 20.7. The lowest BCUT2D eigenvalue weighted by atomic mass is 9.97. The molecule has 2 saturated heterocycles. The molecule has 10 nitrogen and oxygen atoms in total. The fraction of sp³-hybridized carbons (Fsp3) is 0.692. The molecule has 10 heteroatoms. The standard InChI is InChI=1S/C26H38N2O8/c1-2-3-4-5-6-9-12-35-23-21(30)20(36-26(34)22(23)31)15-28-18-11-8-7-10-17(18)24(32)27-14-16(29)13-19(27)25(28)33/h7-8,10-11,16,19-23,26,29-31,34H,2-6,9,12-15H2,1H3/t16?,19?,20-,21-,22-,23+,26+/m1/s1. The highest BCUT2D eigenvalue weighted by atomic mass is 16.6. The first kappa shape index (κ1) is 27.0. The predicted octanol–water partition coefficient (Wildman–Crippen LogP) is 0.793. The third-order valence-corrected chi connectivity index (χ3v) is 7.35. The van der Waals surface area contributed by atoms with Crippen LogP contribution < -0.4 is 4.90 Å². The van der Waals surface area contributed by atoms with Crippen LogP contribution in [0.15, 0.2) is 24.3 Å². The van der Waals surface area contributed by atoms with Crippen LogP contribution in [-0.2, 0) is 14.3 Å². The van der Waals surface area contributed by atoms with Crippen LogP contribution in [0.25, 0.3) is 0 Å². The van der Waals surface area contributed by atoms with Crippen LogP contribution in [0, 0.1) is 0 Å². The van der Waals surface area contributed by atoms with E-state index in [9.17, 15) is 30.0 Å². The highest BCUT2D eigenvalue weighted by Gasteiger charge is 2.49. The van der Waals surface area contributed by atoms with E-state index in [1.54, 1.807) is 24.3 Å². The van der Waals surface area contributed by atoms with E-state index in [1.807, 2.05) is 0 Å². The van der Waals surface area contributed by atoms with Gasteiger partial charge in [0.25, 0.3) is 5.91 Å². The van der Waals surface area contributed by atoms with Crippen LogP contribution in [0.2, 0.25) is 0 Å². The summed E-state index contributed by atoms with van der Waals surface area (Å²) < 4.78 is 11.3. The fourth-order valence-corrected chi connectivity index (χ4v) is 5.35. The molecule has 7 atom stereocenters. The van der Waals surface area contributed by atoms with Gasteiger partial charge in [-0.2, -0.15) is 0 Å². The summed E-state index contributed by atoms with van der Waals surface area (Å²) in [6, 6.07) is 5.84. The van der Waals surface area contributed by atoms with Gasteiger partial charge in [-0.25, -0.2) is 0 Å². The van der Waals surface area contributed by atoms with Gasteiger partial charge in [-0.05, 0) is 18.6 Å². The molecule has 3 heterocycles. The summed E-state index contributed by atoms with van der Waals surface area (Å²) >= 11 is 0. The van der Waals surface area contributed by atoms with Gasteiger partial charge in [-0.3, -0.25) is 9.59 Å². The molecule has 0 aromatic heterocycles. The van der Waals surface area contributed by atoms with Crippen molar-refractivity contribution in [3.63, 3.8) is 0 Å². The summed E-state index contributed by atoms with van der Waals surface area (Å²) in [6.45, 7) is 2.38. The number of rotatable bonds is 10. The molecule has 4 N–H and O–H groups in total. The van der Waals surface area contributed by atoms with Gasteiger partial charge in [0, 0.05) is 19.6 Å². The Labute approximate surface area is 211 Å². The predicted molar refractivity (Wildman–Crippen MR) is 130 cm³/mol. The Morgan fingerprint density at radius 2 is 1.72 bits per heavy atom. The minimum absolute atomic E-state index is 0.0687. The molecule has 0 spiro atoms. The van der Waals surface area contributed by atoms with Crippen LogP contribution in [0.5, 0.6) is 0 Å². The largest absolute Gasteiger partial charge is 0.391 e. The van der Waals surface area contributed by atoms with Crippen molar-refractivity contribution in [2.75, 3.05) is 24.6 Å². The van der Waals surface area contributed by atoms with Crippen molar-refractivity contribution in [1.82, 2.24) is 4.90 Å². The second kappa shape index (κ2) is 12.0. The summed E-state index contributed by atoms with van der Waals surface area (Å²) in [4.78, 5) is 29.5. The topological polar surface area (TPSA) is 140 Å². The number of nitrogens with zero attached hydrogens (tertiary/aromatic N) is 2. The average Bonchev–Trinajstić information content (AvgIpc) is 3.24. The van der Waals surface area contributed by atoms with Gasteiger partial charge < -0.3 is 39.7 Å². The molecular weight excluding hydrogens is 468 g/mol. The summed E-state index contributed by atoms with van der Waals surface area (Å²) in [5.74, 6) is -0.741. The number of hydrogen-bond donors (Lipinski definition) is 4. The molecule has 2 unspecified atom stereocenters. The molecule has 0 radical (unpaired) electrons. The molecule has 0 saturated carbocycles. The lowest BCUT2D eigenvalue weighted by molar-refractivity contribution is -0.287. The molecule has 0 bridgehead atoms. The minimum atomic E-state index is -1.60. The summed E-state index contributed by atoms with van der Waals surface area (Å²) in [5, 5.41) is 41.9. The lowest BCUT2D eigenvalue weighted by Gasteiger charge is -2.42. The van der Waals surface area contributed by atoms with E-state index in [0.29, 0.717) is 17.9 Å². The number of benzene rings is 1. The average molecular weight is 507 g/mol. The number of aliphatic hydroxyl groups excluding tert-OH is 4. The third-order valence-electron chi connectivity index (χ3n) is 7.35. The molecule has 2 amide bonds. The Kier molecular flexibility index (Phi) is 8.97. The number of unbranched alkanes of at least 4 members (excludes halogenated alkanes) is 5. The number of amides is 2. The summed E-state index contributed by atoms with van der Waals surface area (Å²) in [7, 11) is 0. The van der Waals surface area contributed by atoms with Gasteiger partial charge in [0.2, 0.25) is 5.91 Å². The second-order valence-electron chi connectivity index (χ2n) is 9.98. The highest BCUT2D eigenvalue weighted by molar-refractivity contribution is 6.11. The number of fused-ring (bicyclic) bond motifs is 2. The molecular formula is C26H38N2O8. The first-order valence-corrected chi connectivity index (χ1v) is 13.0. The first-order valence-electron chi connectivity index (χ1n) is 13.0. The van der Waals surface area contributed by atoms with E-state index in [1.165, 1.54) is 16.2 Å². The number of hydrogen-bond acceptors (Lipinski definition) is 8. The Bertz CT molecular complexity index is 914. The fourth-order valence-electron chi connectivity index (χ4n) is 5.35. The van der Waals surface area contributed by atoms with Crippen molar-refractivity contribution in [3.8, 4) is 0 Å². The van der Waals surface area contributed by atoms with Crippen LogP contribution >= 0.6 is 0 Å². The summed E-state index contributed by atoms with van der Waals surface area (Å²) in [6.07, 6.45) is -0.860. The van der Waals surface area contributed by atoms with Crippen molar-refractivity contribution in [2.24, 2.45) is 0 Å². The normalized spacial score (nSPS) is 32.4. The Hall–Kier alpha value is -2.08. The van der Waals surface area contributed by atoms with Crippen molar-refractivity contribution in [2.45, 2.75) is 94.7 Å². The van der Waals surface area contributed by atoms with Crippen LogP contribution in [0.3, 0.4) is 0 Å². The number of ether oxygens (including phenoxy) is 2. The Morgan fingerprint density at radius 3 is 2.50 bits per heavy atom. The van der Waals surface area contributed by atoms with E-state index in [4.69, 9.17) is 9.47 Å². The van der Waals surface area contributed by atoms with E-state index < -0.39 is 48.8 Å². The smallest absolute Gasteiger partial charge is 0.256 e. The molecule has 4 rings (SSSR count). The van der Waals surface area contributed by atoms with Crippen molar-refractivity contribution in [3.05, 3.63) is 29.8 Å². The molecule has 3 aliphatic rings. The van der Waals surface area contributed by atoms with Crippen LogP contribution in [0.1, 0.15) is 62.2 Å². The van der Waals surface area contributed by atoms with E-state index in [2.05, 4.69) is 6.92 Å². The first-order chi connectivity index (χ1) is 17.3. The van der Waals surface area contributed by atoms with Gasteiger partial charge in [0.15, 0.2) is 6.29 Å². The Morgan fingerprint density at radius 1 is 1.00 bits per heavy atom. The zero-order valence-corrected chi connectivity index (χ0v) is 20.7. The lowest BCUT2D eigenvalue weighted by Crippen LogP contribution is -2.61. The van der Waals surface area contributed by atoms with Gasteiger partial charge in [-0.15, -0.1) is 0 Å². The summed E-state index contributed by atoms with van der Waals surface area (Å²) in [5.41, 5.74) is 0.682. The van der Waals surface area contributed by atoms with E-state index in [0.717, 1.165) is 32.1 Å². The quantitative estimate of drug-likeness (QED) is 0.342. The van der Waals surface area contributed by atoms with Gasteiger partial charge in [-0.1, -0.05) is 51.2 Å². The van der Waals surface area contributed by atoms with Crippen LogP contribution in [0.4, 0.5) is 5.69 Å². The molecule has 200 valence electrons. The van der Waals surface area contributed by atoms with Gasteiger partial charge >= 0.3 is 0 Å². The molecule has 2 fully saturated rings. The number of aliphatic hydroxyl groups is 4.